The van der Waals surface area contributed by atoms with E-state index in [1.807, 2.05) is 54.6 Å². The Bertz CT molecular complexity index is 1290. The highest BCUT2D eigenvalue weighted by Crippen LogP contribution is 2.19. The number of nitrogens with two attached hydrogens (primary N) is 1. The molecule has 208 valence electrons. The van der Waals surface area contributed by atoms with Crippen molar-refractivity contribution >= 4 is 34.6 Å². The van der Waals surface area contributed by atoms with Crippen LogP contribution >= 0.6 is 0 Å². The Balaban J connectivity index is 1.79. The maximum absolute atomic E-state index is 13.4. The number of nitrogens with one attached hydrogen (secondary N) is 4. The lowest BCUT2D eigenvalue weighted by molar-refractivity contribution is -0.143. The van der Waals surface area contributed by atoms with Crippen molar-refractivity contribution in [1.82, 2.24) is 20.9 Å². The molecular formula is C28H35N5O6. The summed E-state index contributed by atoms with van der Waals surface area (Å²) in [6.07, 6.45) is 2.06. The SMILES string of the molecule is CC(C)C(NC(=O)C(CO)NC(=O)C(Cc1c[nH]c2ccccc12)NC(=O)C(N)Cc1ccccc1)C(=O)O. The predicted molar refractivity (Wildman–Crippen MR) is 145 cm³/mol. The van der Waals surface area contributed by atoms with Gasteiger partial charge >= 0.3 is 5.97 Å². The number of aliphatic hydroxyl groups excluding tert-OH is 1. The van der Waals surface area contributed by atoms with Crippen molar-refractivity contribution in [3.63, 3.8) is 0 Å². The number of carbonyl (C=O) groups excluding carboxylic acids is 3. The molecule has 3 aromatic rings. The molecule has 0 saturated heterocycles. The Morgan fingerprint density at radius 1 is 0.846 bits per heavy atom. The van der Waals surface area contributed by atoms with Crippen LogP contribution in [0.3, 0.4) is 0 Å². The number of aliphatic carboxylic acids is 1. The normalized spacial score (nSPS) is 14.3. The Morgan fingerprint density at radius 2 is 1.46 bits per heavy atom. The zero-order valence-corrected chi connectivity index (χ0v) is 21.9. The minimum absolute atomic E-state index is 0.0726. The van der Waals surface area contributed by atoms with Gasteiger partial charge in [-0.2, -0.15) is 0 Å². The van der Waals surface area contributed by atoms with E-state index >= 15 is 0 Å². The summed E-state index contributed by atoms with van der Waals surface area (Å²) < 4.78 is 0. The van der Waals surface area contributed by atoms with Gasteiger partial charge in [0.1, 0.15) is 18.1 Å². The number of para-hydroxylation sites is 1. The molecule has 0 aliphatic rings. The molecule has 3 rings (SSSR count). The van der Waals surface area contributed by atoms with Gasteiger partial charge in [0.05, 0.1) is 12.6 Å². The summed E-state index contributed by atoms with van der Waals surface area (Å²) in [7, 11) is 0. The van der Waals surface area contributed by atoms with Crippen LogP contribution in [0.1, 0.15) is 25.0 Å². The highest BCUT2D eigenvalue weighted by atomic mass is 16.4. The van der Waals surface area contributed by atoms with E-state index in [-0.39, 0.29) is 12.8 Å². The minimum atomic E-state index is -1.43. The Hall–Kier alpha value is -4.22. The molecule has 0 spiro atoms. The van der Waals surface area contributed by atoms with Crippen molar-refractivity contribution in [2.45, 2.75) is 50.9 Å². The molecule has 0 aliphatic carbocycles. The monoisotopic (exact) mass is 537 g/mol. The van der Waals surface area contributed by atoms with Gasteiger partial charge in [0, 0.05) is 23.5 Å². The first-order valence-corrected chi connectivity index (χ1v) is 12.7. The fourth-order valence-corrected chi connectivity index (χ4v) is 4.20. The van der Waals surface area contributed by atoms with Crippen molar-refractivity contribution in [2.75, 3.05) is 6.61 Å². The number of benzene rings is 2. The number of carbonyl (C=O) groups is 4. The molecule has 1 aromatic heterocycles. The van der Waals surface area contributed by atoms with Gasteiger partial charge in [-0.1, -0.05) is 62.4 Å². The van der Waals surface area contributed by atoms with Crippen LogP contribution in [0.15, 0.2) is 60.8 Å². The molecule has 2 aromatic carbocycles. The zero-order valence-electron chi connectivity index (χ0n) is 21.9. The Labute approximate surface area is 226 Å². The number of fused-ring (bicyclic) bond motifs is 1. The average molecular weight is 538 g/mol. The quantitative estimate of drug-likeness (QED) is 0.165. The van der Waals surface area contributed by atoms with Gasteiger partial charge in [0.15, 0.2) is 0 Å². The molecule has 4 unspecified atom stereocenters. The van der Waals surface area contributed by atoms with Crippen LogP contribution in [0.2, 0.25) is 0 Å². The first-order valence-electron chi connectivity index (χ1n) is 12.7. The molecular weight excluding hydrogens is 502 g/mol. The molecule has 0 aliphatic heterocycles. The second kappa shape index (κ2) is 13.5. The number of hydrogen-bond donors (Lipinski definition) is 7. The van der Waals surface area contributed by atoms with Crippen LogP contribution in [0.25, 0.3) is 10.9 Å². The van der Waals surface area contributed by atoms with Crippen molar-refractivity contribution in [3.8, 4) is 0 Å². The molecule has 8 N–H and O–H groups in total. The smallest absolute Gasteiger partial charge is 0.326 e. The summed E-state index contributed by atoms with van der Waals surface area (Å²) in [6.45, 7) is 2.47. The van der Waals surface area contributed by atoms with E-state index < -0.39 is 60.4 Å². The van der Waals surface area contributed by atoms with Crippen LogP contribution in [0.5, 0.6) is 0 Å². The van der Waals surface area contributed by atoms with E-state index in [0.717, 1.165) is 22.0 Å². The predicted octanol–water partition coefficient (Wildman–Crippen LogP) is 0.468. The Morgan fingerprint density at radius 3 is 2.10 bits per heavy atom. The number of H-pyrrole nitrogens is 1. The molecule has 0 fully saturated rings. The van der Waals surface area contributed by atoms with Crippen LogP contribution in [-0.4, -0.2) is 69.7 Å². The van der Waals surface area contributed by atoms with Crippen molar-refractivity contribution in [3.05, 3.63) is 71.9 Å². The van der Waals surface area contributed by atoms with Crippen molar-refractivity contribution in [1.29, 1.82) is 0 Å². The van der Waals surface area contributed by atoms with Gasteiger partial charge in [0.2, 0.25) is 17.7 Å². The molecule has 4 atom stereocenters. The van der Waals surface area contributed by atoms with E-state index in [2.05, 4.69) is 20.9 Å². The van der Waals surface area contributed by atoms with E-state index in [0.29, 0.717) is 0 Å². The largest absolute Gasteiger partial charge is 0.480 e. The lowest BCUT2D eigenvalue weighted by Crippen LogP contribution is -2.59. The van der Waals surface area contributed by atoms with Crippen molar-refractivity contribution in [2.24, 2.45) is 11.7 Å². The second-order valence-electron chi connectivity index (χ2n) is 9.73. The zero-order chi connectivity index (χ0) is 28.5. The molecule has 11 heteroatoms. The maximum Gasteiger partial charge on any atom is 0.326 e. The van der Waals surface area contributed by atoms with Crippen LogP contribution in [0.4, 0.5) is 0 Å². The third-order valence-corrected chi connectivity index (χ3v) is 6.41. The van der Waals surface area contributed by atoms with Crippen LogP contribution < -0.4 is 21.7 Å². The molecule has 1 heterocycles. The van der Waals surface area contributed by atoms with E-state index in [1.54, 1.807) is 20.0 Å². The number of rotatable bonds is 13. The third-order valence-electron chi connectivity index (χ3n) is 6.41. The Kier molecular flexibility index (Phi) is 10.2. The molecule has 3 amide bonds. The summed E-state index contributed by atoms with van der Waals surface area (Å²) in [5.74, 6) is -3.81. The number of aromatic amines is 1. The van der Waals surface area contributed by atoms with Gasteiger partial charge < -0.3 is 36.9 Å². The van der Waals surface area contributed by atoms with Crippen LogP contribution in [-0.2, 0) is 32.0 Å². The highest BCUT2D eigenvalue weighted by Gasteiger charge is 2.31. The fraction of sp³-hybridized carbons (Fsp3) is 0.357. The average Bonchev–Trinajstić information content (AvgIpc) is 3.32. The molecule has 0 bridgehead atoms. The number of carboxylic acids is 1. The lowest BCUT2D eigenvalue weighted by Gasteiger charge is -2.25. The number of hydrogen-bond acceptors (Lipinski definition) is 6. The molecule has 11 nitrogen and oxygen atoms in total. The minimum Gasteiger partial charge on any atom is -0.480 e. The summed E-state index contributed by atoms with van der Waals surface area (Å²) in [5.41, 5.74) is 8.59. The highest BCUT2D eigenvalue weighted by molar-refractivity contribution is 5.95. The lowest BCUT2D eigenvalue weighted by atomic mass is 10.0. The van der Waals surface area contributed by atoms with Crippen LogP contribution in [0, 0.1) is 5.92 Å². The van der Waals surface area contributed by atoms with E-state index in [9.17, 15) is 29.4 Å². The first-order chi connectivity index (χ1) is 18.6. The van der Waals surface area contributed by atoms with Gasteiger partial charge in [-0.15, -0.1) is 0 Å². The summed E-state index contributed by atoms with van der Waals surface area (Å²) in [6, 6.07) is 12.0. The number of aliphatic hydroxyl groups is 1. The topological polar surface area (TPSA) is 187 Å². The number of carboxylic acid groups (broad SMARTS) is 1. The van der Waals surface area contributed by atoms with Gasteiger partial charge in [0.25, 0.3) is 0 Å². The molecule has 0 radical (unpaired) electrons. The van der Waals surface area contributed by atoms with Crippen molar-refractivity contribution < 1.29 is 29.4 Å². The fourth-order valence-electron chi connectivity index (χ4n) is 4.20. The molecule has 39 heavy (non-hydrogen) atoms. The number of amides is 3. The summed E-state index contributed by atoms with van der Waals surface area (Å²) >= 11 is 0. The standard InChI is InChI=1S/C28H35N5O6/c1-16(2)24(28(38)39)33-27(37)23(15-34)32-26(36)22(13-18-14-30-21-11-7-6-10-19(18)21)31-25(35)20(29)12-17-8-4-3-5-9-17/h3-11,14,16,20,22-24,30,34H,12-13,15,29H2,1-2H3,(H,31,35)(H,32,36)(H,33,37)(H,38,39). The van der Waals surface area contributed by atoms with Gasteiger partial charge in [-0.25, -0.2) is 4.79 Å². The van der Waals surface area contributed by atoms with E-state index in [1.165, 1.54) is 0 Å². The third kappa shape index (κ3) is 7.88. The second-order valence-corrected chi connectivity index (χ2v) is 9.73. The first kappa shape index (κ1) is 29.3. The summed E-state index contributed by atoms with van der Waals surface area (Å²) in [4.78, 5) is 53.7. The summed E-state index contributed by atoms with van der Waals surface area (Å²) in [5, 5.41) is 27.5. The van der Waals surface area contributed by atoms with Gasteiger partial charge in [-0.05, 0) is 29.5 Å². The van der Waals surface area contributed by atoms with Gasteiger partial charge in [-0.3, -0.25) is 14.4 Å². The molecule has 0 saturated carbocycles. The maximum atomic E-state index is 13.4. The number of aromatic nitrogens is 1. The van der Waals surface area contributed by atoms with E-state index in [4.69, 9.17) is 5.73 Å².